The number of carbonyl (C=O) groups excluding carboxylic acids is 2. The Balaban J connectivity index is 2.12. The van der Waals surface area contributed by atoms with Crippen molar-refractivity contribution in [1.82, 2.24) is 4.90 Å². The highest BCUT2D eigenvalue weighted by atomic mass is 16.2. The van der Waals surface area contributed by atoms with Gasteiger partial charge in [-0.3, -0.25) is 14.5 Å². The standard InChI is InChI=1S/C12H11NO2/c14-11-6-7-12(15)13(11)9-8-10-4-2-1-3-5-10/h1-5,8-9H,6-7H2/b9-8-. The van der Waals surface area contributed by atoms with E-state index in [4.69, 9.17) is 0 Å². The molecular weight excluding hydrogens is 190 g/mol. The predicted octanol–water partition coefficient (Wildman–Crippen LogP) is 1.81. The molecule has 2 amide bonds. The summed E-state index contributed by atoms with van der Waals surface area (Å²) in [6.45, 7) is 0. The van der Waals surface area contributed by atoms with Gasteiger partial charge in [0.25, 0.3) is 0 Å². The van der Waals surface area contributed by atoms with Crippen molar-refractivity contribution in [3.8, 4) is 0 Å². The zero-order chi connectivity index (χ0) is 10.7. The molecule has 0 radical (unpaired) electrons. The first-order valence-electron chi connectivity index (χ1n) is 4.85. The van der Waals surface area contributed by atoms with E-state index in [-0.39, 0.29) is 11.8 Å². The Morgan fingerprint density at radius 1 is 1.00 bits per heavy atom. The summed E-state index contributed by atoms with van der Waals surface area (Å²) < 4.78 is 0. The molecule has 1 heterocycles. The van der Waals surface area contributed by atoms with Crippen LogP contribution in [0, 0.1) is 0 Å². The number of hydrogen-bond donors (Lipinski definition) is 0. The minimum absolute atomic E-state index is 0.118. The largest absolute Gasteiger partial charge is 0.274 e. The van der Waals surface area contributed by atoms with Crippen LogP contribution >= 0.6 is 0 Å². The summed E-state index contributed by atoms with van der Waals surface area (Å²) >= 11 is 0. The van der Waals surface area contributed by atoms with Gasteiger partial charge in [-0.2, -0.15) is 0 Å². The number of amides is 2. The van der Waals surface area contributed by atoms with Crippen LogP contribution in [0.25, 0.3) is 6.08 Å². The van der Waals surface area contributed by atoms with Gasteiger partial charge in [0.2, 0.25) is 11.8 Å². The van der Waals surface area contributed by atoms with E-state index in [1.165, 1.54) is 4.90 Å². The SMILES string of the molecule is O=C1CCC(=O)N1/C=C\c1ccccc1. The van der Waals surface area contributed by atoms with Gasteiger partial charge in [-0.15, -0.1) is 0 Å². The normalized spacial score (nSPS) is 16.7. The lowest BCUT2D eigenvalue weighted by atomic mass is 10.2. The molecule has 1 saturated heterocycles. The summed E-state index contributed by atoms with van der Waals surface area (Å²) in [5, 5.41) is 0. The van der Waals surface area contributed by atoms with E-state index in [2.05, 4.69) is 0 Å². The lowest BCUT2D eigenvalue weighted by Crippen LogP contribution is -2.22. The first-order valence-corrected chi connectivity index (χ1v) is 4.85. The van der Waals surface area contributed by atoms with Gasteiger partial charge in [-0.25, -0.2) is 0 Å². The molecule has 3 nitrogen and oxygen atoms in total. The summed E-state index contributed by atoms with van der Waals surface area (Å²) in [7, 11) is 0. The van der Waals surface area contributed by atoms with Gasteiger partial charge in [0, 0.05) is 19.0 Å². The summed E-state index contributed by atoms with van der Waals surface area (Å²) in [5.41, 5.74) is 0.977. The van der Waals surface area contributed by atoms with Crippen LogP contribution in [0.5, 0.6) is 0 Å². The molecule has 1 aliphatic rings. The van der Waals surface area contributed by atoms with Gasteiger partial charge >= 0.3 is 0 Å². The lowest BCUT2D eigenvalue weighted by Gasteiger charge is -2.05. The lowest BCUT2D eigenvalue weighted by molar-refractivity contribution is -0.135. The average molecular weight is 201 g/mol. The third kappa shape index (κ3) is 2.13. The Kier molecular flexibility index (Phi) is 2.63. The summed E-state index contributed by atoms with van der Waals surface area (Å²) in [6, 6.07) is 9.58. The number of hydrogen-bond acceptors (Lipinski definition) is 2. The fourth-order valence-electron chi connectivity index (χ4n) is 1.48. The minimum atomic E-state index is -0.118. The van der Waals surface area contributed by atoms with Crippen molar-refractivity contribution in [3.05, 3.63) is 42.1 Å². The Hall–Kier alpha value is -1.90. The molecule has 0 atom stereocenters. The Bertz CT molecular complexity index is 393. The second kappa shape index (κ2) is 4.09. The Labute approximate surface area is 88.0 Å². The van der Waals surface area contributed by atoms with Crippen LogP contribution in [0.2, 0.25) is 0 Å². The smallest absolute Gasteiger partial charge is 0.233 e. The Morgan fingerprint density at radius 3 is 2.20 bits per heavy atom. The first kappa shape index (κ1) is 9.65. The summed E-state index contributed by atoms with van der Waals surface area (Å²) in [5.74, 6) is -0.237. The van der Waals surface area contributed by atoms with Crippen molar-refractivity contribution in [2.75, 3.05) is 0 Å². The van der Waals surface area contributed by atoms with E-state index in [0.29, 0.717) is 12.8 Å². The van der Waals surface area contributed by atoms with Gasteiger partial charge in [-0.1, -0.05) is 30.3 Å². The van der Waals surface area contributed by atoms with Crippen molar-refractivity contribution in [2.45, 2.75) is 12.8 Å². The molecule has 0 aromatic heterocycles. The molecule has 0 aliphatic carbocycles. The van der Waals surface area contributed by atoms with E-state index < -0.39 is 0 Å². The third-order valence-corrected chi connectivity index (χ3v) is 2.31. The van der Waals surface area contributed by atoms with Crippen LogP contribution in [0.15, 0.2) is 36.5 Å². The average Bonchev–Trinajstić information content (AvgIpc) is 2.58. The molecule has 0 saturated carbocycles. The van der Waals surface area contributed by atoms with Gasteiger partial charge in [-0.05, 0) is 11.6 Å². The van der Waals surface area contributed by atoms with Crippen LogP contribution in [0.1, 0.15) is 18.4 Å². The van der Waals surface area contributed by atoms with Gasteiger partial charge in [0.15, 0.2) is 0 Å². The van der Waals surface area contributed by atoms with Crippen LogP contribution < -0.4 is 0 Å². The minimum Gasteiger partial charge on any atom is -0.274 e. The molecule has 0 N–H and O–H groups in total. The van der Waals surface area contributed by atoms with Gasteiger partial charge in [0.05, 0.1) is 0 Å². The van der Waals surface area contributed by atoms with Crippen molar-refractivity contribution >= 4 is 17.9 Å². The fourth-order valence-corrected chi connectivity index (χ4v) is 1.48. The molecule has 0 spiro atoms. The first-order chi connectivity index (χ1) is 7.27. The number of carbonyl (C=O) groups is 2. The fraction of sp³-hybridized carbons (Fsp3) is 0.167. The molecular formula is C12H11NO2. The second-order valence-electron chi connectivity index (χ2n) is 3.38. The van der Waals surface area contributed by atoms with Crippen LogP contribution in [-0.4, -0.2) is 16.7 Å². The molecule has 1 aliphatic heterocycles. The Morgan fingerprint density at radius 2 is 1.60 bits per heavy atom. The monoisotopic (exact) mass is 201 g/mol. The molecule has 3 heteroatoms. The molecule has 76 valence electrons. The third-order valence-electron chi connectivity index (χ3n) is 2.31. The summed E-state index contributed by atoms with van der Waals surface area (Å²) in [4.78, 5) is 23.7. The summed E-state index contributed by atoms with van der Waals surface area (Å²) in [6.07, 6.45) is 3.98. The van der Waals surface area contributed by atoms with Crippen molar-refractivity contribution in [3.63, 3.8) is 0 Å². The highest BCUT2D eigenvalue weighted by Gasteiger charge is 2.26. The van der Waals surface area contributed by atoms with Gasteiger partial charge < -0.3 is 0 Å². The molecule has 0 unspecified atom stereocenters. The molecule has 2 rings (SSSR count). The van der Waals surface area contributed by atoms with Crippen LogP contribution in [-0.2, 0) is 9.59 Å². The molecule has 1 fully saturated rings. The van der Waals surface area contributed by atoms with E-state index in [0.717, 1.165) is 5.56 Å². The van der Waals surface area contributed by atoms with E-state index >= 15 is 0 Å². The van der Waals surface area contributed by atoms with E-state index in [1.54, 1.807) is 12.3 Å². The zero-order valence-electron chi connectivity index (χ0n) is 8.22. The quantitative estimate of drug-likeness (QED) is 0.684. The van der Waals surface area contributed by atoms with E-state index in [1.807, 2.05) is 30.3 Å². The number of nitrogens with zero attached hydrogens (tertiary/aromatic N) is 1. The number of likely N-dealkylation sites (tertiary alicyclic amines) is 1. The topological polar surface area (TPSA) is 37.4 Å². The van der Waals surface area contributed by atoms with E-state index in [9.17, 15) is 9.59 Å². The molecule has 0 bridgehead atoms. The molecule has 1 aromatic rings. The van der Waals surface area contributed by atoms with Gasteiger partial charge in [0.1, 0.15) is 0 Å². The maximum absolute atomic E-state index is 11.3. The van der Waals surface area contributed by atoms with Crippen molar-refractivity contribution < 1.29 is 9.59 Å². The number of benzene rings is 1. The molecule has 1 aromatic carbocycles. The predicted molar refractivity (Wildman–Crippen MR) is 56.6 cm³/mol. The van der Waals surface area contributed by atoms with Crippen molar-refractivity contribution in [1.29, 1.82) is 0 Å². The number of rotatable bonds is 2. The van der Waals surface area contributed by atoms with Crippen LogP contribution in [0.3, 0.4) is 0 Å². The van der Waals surface area contributed by atoms with Crippen LogP contribution in [0.4, 0.5) is 0 Å². The maximum atomic E-state index is 11.3. The highest BCUT2D eigenvalue weighted by molar-refractivity contribution is 6.03. The highest BCUT2D eigenvalue weighted by Crippen LogP contribution is 2.13. The van der Waals surface area contributed by atoms with Crippen molar-refractivity contribution in [2.24, 2.45) is 0 Å². The zero-order valence-corrected chi connectivity index (χ0v) is 8.22. The second-order valence-corrected chi connectivity index (χ2v) is 3.38. The maximum Gasteiger partial charge on any atom is 0.233 e. The molecule has 15 heavy (non-hydrogen) atoms. The number of imide groups is 1.